The smallest absolute Gasteiger partial charge is 0.282 e. The molecule has 0 aromatic heterocycles. The number of benzene rings is 1. The third-order valence-corrected chi connectivity index (χ3v) is 2.84. The van der Waals surface area contributed by atoms with Crippen molar-refractivity contribution in [2.24, 2.45) is 0 Å². The fraction of sp³-hybridized carbons (Fsp3) is 0.333. The van der Waals surface area contributed by atoms with Crippen LogP contribution in [-0.2, 0) is 16.5 Å². The fourth-order valence-corrected chi connectivity index (χ4v) is 2.02. The lowest BCUT2D eigenvalue weighted by molar-refractivity contribution is -0.127. The van der Waals surface area contributed by atoms with Crippen LogP contribution in [0.1, 0.15) is 11.1 Å². The molecule has 0 unspecified atom stereocenters. The molecule has 1 aromatic carbocycles. The molecule has 0 spiro atoms. The van der Waals surface area contributed by atoms with Crippen molar-refractivity contribution in [2.75, 3.05) is 0 Å². The zero-order chi connectivity index (χ0) is 12.6. The van der Waals surface area contributed by atoms with Crippen molar-refractivity contribution in [1.82, 2.24) is 0 Å². The Morgan fingerprint density at radius 2 is 1.88 bits per heavy atom. The minimum absolute atomic E-state index is 0.449. The highest BCUT2D eigenvalue weighted by Crippen LogP contribution is 2.26. The third kappa shape index (κ3) is 3.49. The van der Waals surface area contributed by atoms with Crippen LogP contribution in [-0.4, -0.2) is 19.1 Å². The van der Waals surface area contributed by atoms with E-state index >= 15 is 0 Å². The van der Waals surface area contributed by atoms with Gasteiger partial charge >= 0.3 is 6.18 Å². The molecular formula is C9H9F3O3S. The van der Waals surface area contributed by atoms with Gasteiger partial charge in [-0.3, -0.25) is 4.55 Å². The van der Waals surface area contributed by atoms with E-state index < -0.39 is 33.2 Å². The summed E-state index contributed by atoms with van der Waals surface area (Å²) < 4.78 is 66.9. The van der Waals surface area contributed by atoms with Gasteiger partial charge in [-0.15, -0.1) is 0 Å². The van der Waals surface area contributed by atoms with Crippen LogP contribution >= 0.6 is 0 Å². The number of aryl methyl sites for hydroxylation is 1. The SMILES string of the molecule is Cc1ccc(S(=O)(=O)O)c(CC(F)(F)[18F])c1. The van der Waals surface area contributed by atoms with Crippen molar-refractivity contribution < 1.29 is 26.1 Å². The highest BCUT2D eigenvalue weighted by atomic mass is 32.2. The van der Waals surface area contributed by atoms with Gasteiger partial charge in [0.25, 0.3) is 10.1 Å². The lowest BCUT2D eigenvalue weighted by Crippen LogP contribution is -2.15. The Balaban J connectivity index is 3.30. The summed E-state index contributed by atoms with van der Waals surface area (Å²) in [4.78, 5) is -0.699. The maximum absolute atomic E-state index is 12.2. The van der Waals surface area contributed by atoms with E-state index in [1.165, 1.54) is 13.0 Å². The van der Waals surface area contributed by atoms with Gasteiger partial charge in [0.15, 0.2) is 0 Å². The van der Waals surface area contributed by atoms with E-state index in [0.717, 1.165) is 12.1 Å². The summed E-state index contributed by atoms with van der Waals surface area (Å²) in [7, 11) is -4.62. The van der Waals surface area contributed by atoms with Crippen LogP contribution in [0.5, 0.6) is 0 Å². The van der Waals surface area contributed by atoms with Crippen molar-refractivity contribution in [2.45, 2.75) is 24.4 Å². The summed E-state index contributed by atoms with van der Waals surface area (Å²) in [6, 6.07) is 3.38. The molecule has 0 aliphatic heterocycles. The van der Waals surface area contributed by atoms with Crippen LogP contribution in [0, 0.1) is 6.92 Å². The molecule has 1 N–H and O–H groups in total. The molecule has 0 aliphatic carbocycles. The van der Waals surface area contributed by atoms with E-state index in [1.54, 1.807) is 0 Å². The van der Waals surface area contributed by atoms with Crippen molar-refractivity contribution in [1.29, 1.82) is 0 Å². The van der Waals surface area contributed by atoms with Crippen molar-refractivity contribution in [3.05, 3.63) is 29.3 Å². The fourth-order valence-electron chi connectivity index (χ4n) is 1.31. The monoisotopic (exact) mass is 253 g/mol. The van der Waals surface area contributed by atoms with E-state index in [1.807, 2.05) is 0 Å². The number of alkyl halides is 3. The Kier molecular flexibility index (Phi) is 3.30. The highest BCUT2D eigenvalue weighted by Gasteiger charge is 2.30. The van der Waals surface area contributed by atoms with Gasteiger partial charge in [0.1, 0.15) is 0 Å². The maximum Gasteiger partial charge on any atom is 0.393 e. The van der Waals surface area contributed by atoms with E-state index in [0.29, 0.717) is 5.56 Å². The molecule has 16 heavy (non-hydrogen) atoms. The van der Waals surface area contributed by atoms with Gasteiger partial charge in [0, 0.05) is 0 Å². The standard InChI is InChI=1S/C9H9F3O3S/c1-6-2-3-8(16(13,14)15)7(4-6)5-9(10,11)12/h2-4H,5H2,1H3,(H,13,14,15)/i10-1. The first-order chi connectivity index (χ1) is 7.09. The lowest BCUT2D eigenvalue weighted by atomic mass is 10.1. The van der Waals surface area contributed by atoms with Gasteiger partial charge in [-0.05, 0) is 18.6 Å². The first kappa shape index (κ1) is 13.0. The first-order valence-corrected chi connectivity index (χ1v) is 5.67. The average Bonchev–Trinajstić information content (AvgIpc) is 1.97. The minimum atomic E-state index is -4.62. The topological polar surface area (TPSA) is 54.4 Å². The molecule has 0 amide bonds. The summed E-state index contributed by atoms with van der Waals surface area (Å²) in [6.07, 6.45) is -5.91. The molecule has 1 aromatic rings. The van der Waals surface area contributed by atoms with Crippen LogP contribution in [0.15, 0.2) is 23.1 Å². The van der Waals surface area contributed by atoms with Gasteiger partial charge < -0.3 is 0 Å². The molecule has 0 aliphatic rings. The summed E-state index contributed by atoms with van der Waals surface area (Å²) in [5, 5.41) is 0. The van der Waals surface area contributed by atoms with Crippen LogP contribution < -0.4 is 0 Å². The Labute approximate surface area is 90.7 Å². The molecule has 0 heterocycles. The van der Waals surface area contributed by atoms with Gasteiger partial charge in [-0.25, -0.2) is 0 Å². The molecule has 0 saturated heterocycles. The predicted molar refractivity (Wildman–Crippen MR) is 50.8 cm³/mol. The van der Waals surface area contributed by atoms with Gasteiger partial charge in [0.2, 0.25) is 0 Å². The molecule has 3 nitrogen and oxygen atoms in total. The molecule has 0 saturated carbocycles. The van der Waals surface area contributed by atoms with E-state index in [-0.39, 0.29) is 0 Å². The second-order valence-corrected chi connectivity index (χ2v) is 4.77. The summed E-state index contributed by atoms with van der Waals surface area (Å²) in [5.41, 5.74) is 0.0432. The summed E-state index contributed by atoms with van der Waals surface area (Å²) in [6.45, 7) is 1.54. The number of hydrogen-bond acceptors (Lipinski definition) is 2. The summed E-state index contributed by atoms with van der Waals surface area (Å²) in [5.74, 6) is 0. The largest absolute Gasteiger partial charge is 0.393 e. The zero-order valence-electron chi connectivity index (χ0n) is 8.25. The molecule has 7 heteroatoms. The van der Waals surface area contributed by atoms with E-state index in [2.05, 4.69) is 0 Å². The van der Waals surface area contributed by atoms with Crippen molar-refractivity contribution in [3.63, 3.8) is 0 Å². The maximum atomic E-state index is 12.2. The molecule has 0 bridgehead atoms. The van der Waals surface area contributed by atoms with Crippen LogP contribution in [0.2, 0.25) is 0 Å². The molecular weight excluding hydrogens is 244 g/mol. The highest BCUT2D eigenvalue weighted by molar-refractivity contribution is 7.85. The van der Waals surface area contributed by atoms with Gasteiger partial charge in [-0.2, -0.15) is 21.6 Å². The van der Waals surface area contributed by atoms with Gasteiger partial charge in [-0.1, -0.05) is 17.7 Å². The Morgan fingerprint density at radius 1 is 1.31 bits per heavy atom. The third-order valence-electron chi connectivity index (χ3n) is 1.88. The number of halogens is 3. The Morgan fingerprint density at radius 3 is 2.31 bits per heavy atom. The van der Waals surface area contributed by atoms with Gasteiger partial charge in [0.05, 0.1) is 11.3 Å². The van der Waals surface area contributed by atoms with Crippen LogP contribution in [0.3, 0.4) is 0 Å². The van der Waals surface area contributed by atoms with Crippen molar-refractivity contribution >= 4 is 10.1 Å². The molecule has 0 atom stereocenters. The first-order valence-electron chi connectivity index (χ1n) is 4.23. The molecule has 1 rings (SSSR count). The zero-order valence-corrected chi connectivity index (χ0v) is 9.06. The second-order valence-electron chi connectivity index (χ2n) is 3.38. The Bertz CT molecular complexity index is 491. The van der Waals surface area contributed by atoms with E-state index in [9.17, 15) is 21.6 Å². The Hall–Kier alpha value is -1.08. The number of rotatable bonds is 2. The van der Waals surface area contributed by atoms with Crippen LogP contribution in [0.4, 0.5) is 13.2 Å². The summed E-state index contributed by atoms with van der Waals surface area (Å²) >= 11 is 0. The predicted octanol–water partition coefficient (Wildman–Crippen LogP) is 2.35. The van der Waals surface area contributed by atoms with Crippen molar-refractivity contribution in [3.8, 4) is 0 Å². The molecule has 90 valence electrons. The minimum Gasteiger partial charge on any atom is -0.282 e. The number of hydrogen-bond donors (Lipinski definition) is 1. The second kappa shape index (κ2) is 4.06. The molecule has 0 fully saturated rings. The quantitative estimate of drug-likeness (QED) is 0.823. The molecule has 0 radical (unpaired) electrons. The van der Waals surface area contributed by atoms with Crippen LogP contribution in [0.25, 0.3) is 0 Å². The normalized spacial score (nSPS) is 12.8. The average molecular weight is 253 g/mol. The van der Waals surface area contributed by atoms with E-state index in [4.69, 9.17) is 4.55 Å². The lowest BCUT2D eigenvalue weighted by Gasteiger charge is -2.10.